The van der Waals surface area contributed by atoms with E-state index in [1.165, 1.54) is 0 Å². The van der Waals surface area contributed by atoms with Crippen molar-refractivity contribution in [3.63, 3.8) is 0 Å². The highest BCUT2D eigenvalue weighted by atomic mass is 35.5. The van der Waals surface area contributed by atoms with Gasteiger partial charge in [0.05, 0.1) is 16.3 Å². The van der Waals surface area contributed by atoms with Gasteiger partial charge in [0, 0.05) is 6.54 Å². The van der Waals surface area contributed by atoms with E-state index in [4.69, 9.17) is 11.6 Å². The number of aromatic carboxylic acids is 1. The van der Waals surface area contributed by atoms with E-state index in [0.29, 0.717) is 12.1 Å². The normalized spacial score (nSPS) is 14.9. The third-order valence-electron chi connectivity index (χ3n) is 4.86. The molecule has 2 N–H and O–H groups in total. The summed E-state index contributed by atoms with van der Waals surface area (Å²) in [6.45, 7) is 5.81. The molecule has 3 rings (SSSR count). The van der Waals surface area contributed by atoms with Crippen LogP contribution in [0.4, 0.5) is 0 Å². The molecule has 0 spiro atoms. The Morgan fingerprint density at radius 1 is 1.20 bits per heavy atom. The topological polar surface area (TPSA) is 94.9 Å². The van der Waals surface area contributed by atoms with Crippen molar-refractivity contribution in [2.45, 2.75) is 18.2 Å². The fraction of sp³-hybridized carbons (Fsp3) is 0.136. The lowest BCUT2D eigenvalue weighted by Crippen LogP contribution is -2.28. The van der Waals surface area contributed by atoms with Crippen LogP contribution >= 0.6 is 11.6 Å². The van der Waals surface area contributed by atoms with Crippen LogP contribution in [0.3, 0.4) is 0 Å². The quantitative estimate of drug-likeness (QED) is 0.629. The minimum atomic E-state index is -4.27. The van der Waals surface area contributed by atoms with Crippen LogP contribution in [0.25, 0.3) is 5.57 Å². The molecule has 2 aromatic rings. The zero-order valence-corrected chi connectivity index (χ0v) is 17.7. The van der Waals surface area contributed by atoms with Crippen LogP contribution in [0.5, 0.6) is 5.75 Å². The van der Waals surface area contributed by atoms with Crippen LogP contribution in [-0.2, 0) is 10.0 Å². The number of hydrogen-bond donors (Lipinski definition) is 2. The number of rotatable bonds is 6. The summed E-state index contributed by atoms with van der Waals surface area (Å²) in [6, 6.07) is 11.3. The van der Waals surface area contributed by atoms with Gasteiger partial charge in [0.15, 0.2) is 5.75 Å². The highest BCUT2D eigenvalue weighted by molar-refractivity contribution is 7.89. The number of benzene rings is 2. The maximum absolute atomic E-state index is 13.4. The predicted octanol–water partition coefficient (Wildman–Crippen LogP) is 4.68. The van der Waals surface area contributed by atoms with Crippen LogP contribution in [0, 0.1) is 0 Å². The van der Waals surface area contributed by atoms with Gasteiger partial charge >= 0.3 is 5.97 Å². The van der Waals surface area contributed by atoms with E-state index < -0.39 is 26.6 Å². The van der Waals surface area contributed by atoms with Crippen molar-refractivity contribution in [1.82, 2.24) is 4.31 Å². The van der Waals surface area contributed by atoms with Gasteiger partial charge < -0.3 is 10.2 Å². The minimum Gasteiger partial charge on any atom is -0.505 e. The standard InChI is InChI=1S/C22H20ClNO5S/c1-3-15(16-7-5-4-6-8-16)12-19-14(2)9-10-24(19)30(28,29)20-13-17(22(26)27)11-18(23)21(20)25/h3-8,11-13,25H,1,9-10H2,2H3,(H,26,27)/b15-12+. The van der Waals surface area contributed by atoms with Gasteiger partial charge in [-0.1, -0.05) is 54.6 Å². The van der Waals surface area contributed by atoms with Crippen molar-refractivity contribution in [1.29, 1.82) is 0 Å². The van der Waals surface area contributed by atoms with Crippen LogP contribution in [0.2, 0.25) is 5.02 Å². The third kappa shape index (κ3) is 3.99. The number of carbonyl (C=O) groups is 1. The summed E-state index contributed by atoms with van der Waals surface area (Å²) in [5, 5.41) is 19.2. The average Bonchev–Trinajstić information content (AvgIpc) is 3.09. The molecule has 0 saturated heterocycles. The molecule has 6 nitrogen and oxygen atoms in total. The van der Waals surface area contributed by atoms with Gasteiger partial charge in [0.25, 0.3) is 10.0 Å². The predicted molar refractivity (Wildman–Crippen MR) is 116 cm³/mol. The summed E-state index contributed by atoms with van der Waals surface area (Å²) in [7, 11) is -4.27. The van der Waals surface area contributed by atoms with Crippen LogP contribution < -0.4 is 0 Å². The Kier molecular flexibility index (Phi) is 6.05. The molecule has 0 aliphatic carbocycles. The molecule has 0 aromatic heterocycles. The van der Waals surface area contributed by atoms with E-state index in [-0.39, 0.29) is 17.1 Å². The Morgan fingerprint density at radius 2 is 1.87 bits per heavy atom. The van der Waals surface area contributed by atoms with Crippen LogP contribution in [-0.4, -0.2) is 35.5 Å². The molecule has 8 heteroatoms. The Morgan fingerprint density at radius 3 is 2.47 bits per heavy atom. The number of hydrogen-bond acceptors (Lipinski definition) is 4. The van der Waals surface area contributed by atoms with E-state index in [1.807, 2.05) is 37.3 Å². The molecule has 1 heterocycles. The highest BCUT2D eigenvalue weighted by Gasteiger charge is 2.34. The monoisotopic (exact) mass is 445 g/mol. The molecule has 156 valence electrons. The lowest BCUT2D eigenvalue weighted by molar-refractivity contribution is 0.0696. The number of phenols is 1. The maximum atomic E-state index is 13.4. The first-order valence-electron chi connectivity index (χ1n) is 9.04. The summed E-state index contributed by atoms with van der Waals surface area (Å²) in [6.07, 6.45) is 3.86. The van der Waals surface area contributed by atoms with Gasteiger partial charge in [-0.25, -0.2) is 13.2 Å². The number of nitrogens with zero attached hydrogens (tertiary/aromatic N) is 1. The van der Waals surface area contributed by atoms with Gasteiger partial charge in [-0.2, -0.15) is 0 Å². The molecule has 0 amide bonds. The SMILES string of the molecule is C=C/C(=C\C1=C(C)CCN1S(=O)(=O)c1cc(C(=O)O)cc(Cl)c1O)c1ccccc1. The Hall–Kier alpha value is -3.03. The van der Waals surface area contributed by atoms with Gasteiger partial charge in [-0.3, -0.25) is 4.31 Å². The Bertz CT molecular complexity index is 1180. The summed E-state index contributed by atoms with van der Waals surface area (Å²) >= 11 is 5.89. The number of carboxylic acid groups (broad SMARTS) is 1. The van der Waals surface area contributed by atoms with E-state index >= 15 is 0 Å². The van der Waals surface area contributed by atoms with E-state index in [1.54, 1.807) is 12.2 Å². The molecule has 0 fully saturated rings. The van der Waals surface area contributed by atoms with Crippen LogP contribution in [0.1, 0.15) is 29.3 Å². The number of aromatic hydroxyl groups is 1. The zero-order chi connectivity index (χ0) is 22.1. The number of phenolic OH excluding ortho intramolecular Hbond substituents is 1. The van der Waals surface area contributed by atoms with E-state index in [0.717, 1.165) is 33.1 Å². The maximum Gasteiger partial charge on any atom is 0.335 e. The van der Waals surface area contributed by atoms with E-state index in [2.05, 4.69) is 6.58 Å². The molecule has 0 radical (unpaired) electrons. The first-order valence-corrected chi connectivity index (χ1v) is 10.9. The second-order valence-corrected chi connectivity index (χ2v) is 9.01. The molecule has 0 atom stereocenters. The van der Waals surface area contributed by atoms with Gasteiger partial charge in [-0.15, -0.1) is 0 Å². The first kappa shape index (κ1) is 21.7. The van der Waals surface area contributed by atoms with Crippen LogP contribution in [0.15, 0.2) is 77.4 Å². The average molecular weight is 446 g/mol. The number of sulfonamides is 1. The van der Waals surface area contributed by atoms with Crippen molar-refractivity contribution >= 4 is 33.2 Å². The lowest BCUT2D eigenvalue weighted by Gasteiger charge is -2.22. The highest BCUT2D eigenvalue weighted by Crippen LogP contribution is 2.38. The lowest BCUT2D eigenvalue weighted by atomic mass is 10.0. The molecular formula is C22H20ClNO5S. The summed E-state index contributed by atoms with van der Waals surface area (Å²) in [5.74, 6) is -2.03. The minimum absolute atomic E-state index is 0.160. The van der Waals surface area contributed by atoms with Crippen molar-refractivity contribution < 1.29 is 23.4 Å². The molecule has 1 aliphatic heterocycles. The van der Waals surface area contributed by atoms with Gasteiger partial charge in [-0.05, 0) is 48.3 Å². The zero-order valence-electron chi connectivity index (χ0n) is 16.2. The van der Waals surface area contributed by atoms with Crippen molar-refractivity contribution in [2.75, 3.05) is 6.54 Å². The second-order valence-electron chi connectivity index (χ2n) is 6.77. The number of allylic oxidation sites excluding steroid dienone is 3. The van der Waals surface area contributed by atoms with Crippen molar-refractivity contribution in [2.24, 2.45) is 0 Å². The van der Waals surface area contributed by atoms with Gasteiger partial charge in [0.1, 0.15) is 4.90 Å². The van der Waals surface area contributed by atoms with E-state index in [9.17, 15) is 23.4 Å². The molecular weight excluding hydrogens is 426 g/mol. The summed E-state index contributed by atoms with van der Waals surface area (Å²) < 4.78 is 27.9. The fourth-order valence-electron chi connectivity index (χ4n) is 3.23. The molecule has 0 unspecified atom stereocenters. The second kappa shape index (κ2) is 8.38. The smallest absolute Gasteiger partial charge is 0.335 e. The van der Waals surface area contributed by atoms with Crippen molar-refractivity contribution in [3.05, 3.63) is 88.6 Å². The molecule has 2 aromatic carbocycles. The molecule has 1 aliphatic rings. The Labute approximate surface area is 180 Å². The third-order valence-corrected chi connectivity index (χ3v) is 6.97. The summed E-state index contributed by atoms with van der Waals surface area (Å²) in [5.41, 5.74) is 2.56. The number of carboxylic acids is 1. The fourth-order valence-corrected chi connectivity index (χ4v) is 5.17. The first-order chi connectivity index (χ1) is 14.2. The van der Waals surface area contributed by atoms with Gasteiger partial charge in [0.2, 0.25) is 0 Å². The molecule has 0 saturated carbocycles. The van der Waals surface area contributed by atoms with Crippen molar-refractivity contribution in [3.8, 4) is 5.75 Å². The largest absolute Gasteiger partial charge is 0.505 e. The molecule has 0 bridgehead atoms. The summed E-state index contributed by atoms with van der Waals surface area (Å²) in [4.78, 5) is 10.8. The number of halogens is 1. The Balaban J connectivity index is 2.12. The molecule has 30 heavy (non-hydrogen) atoms.